The van der Waals surface area contributed by atoms with Gasteiger partial charge in [-0.2, -0.15) is 0 Å². The van der Waals surface area contributed by atoms with Crippen LogP contribution in [-0.2, 0) is 0 Å². The first-order chi connectivity index (χ1) is 13.2. The summed E-state index contributed by atoms with van der Waals surface area (Å²) < 4.78 is 5.33. The lowest BCUT2D eigenvalue weighted by molar-refractivity contribution is 0.386. The van der Waals surface area contributed by atoms with E-state index in [-0.39, 0.29) is 0 Å². The fourth-order valence-electron chi connectivity index (χ4n) is 3.64. The van der Waals surface area contributed by atoms with Crippen molar-refractivity contribution in [1.82, 2.24) is 19.9 Å². The molecule has 3 aromatic rings. The lowest BCUT2D eigenvalue weighted by Crippen LogP contribution is -2.38. The Hall–Kier alpha value is -2.96. The summed E-state index contributed by atoms with van der Waals surface area (Å²) in [5.41, 5.74) is 1.89. The van der Waals surface area contributed by atoms with Gasteiger partial charge in [0.15, 0.2) is 5.82 Å². The van der Waals surface area contributed by atoms with Gasteiger partial charge in [0.05, 0.1) is 24.3 Å². The fourth-order valence-corrected chi connectivity index (χ4v) is 3.64. The number of aromatic nitrogens is 4. The van der Waals surface area contributed by atoms with Gasteiger partial charge in [0, 0.05) is 39.1 Å². The molecular formula is C20H24N6O. The monoisotopic (exact) mass is 364 g/mol. The maximum Gasteiger partial charge on any atom is 0.257 e. The molecule has 1 aromatic carbocycles. The zero-order valence-corrected chi connectivity index (χ0v) is 15.7. The molecule has 0 aliphatic carbocycles. The Balaban J connectivity index is 1.38. The summed E-state index contributed by atoms with van der Waals surface area (Å²) in [5, 5.41) is 0. The van der Waals surface area contributed by atoms with E-state index in [9.17, 15) is 0 Å². The van der Waals surface area contributed by atoms with E-state index in [0.29, 0.717) is 11.8 Å². The van der Waals surface area contributed by atoms with Crippen LogP contribution in [0.1, 0.15) is 12.8 Å². The normalized spacial score (nSPS) is 15.1. The van der Waals surface area contributed by atoms with Crippen molar-refractivity contribution >= 4 is 22.7 Å². The van der Waals surface area contributed by atoms with Gasteiger partial charge < -0.3 is 14.5 Å². The molecule has 27 heavy (non-hydrogen) atoms. The summed E-state index contributed by atoms with van der Waals surface area (Å²) in [6, 6.07) is 8.01. The first-order valence-corrected chi connectivity index (χ1v) is 9.27. The van der Waals surface area contributed by atoms with Gasteiger partial charge in [0.2, 0.25) is 0 Å². The second-order valence-corrected chi connectivity index (χ2v) is 6.92. The second kappa shape index (κ2) is 7.73. The van der Waals surface area contributed by atoms with Crippen molar-refractivity contribution in [2.75, 3.05) is 43.6 Å². The number of benzene rings is 1. The highest BCUT2D eigenvalue weighted by atomic mass is 16.5. The van der Waals surface area contributed by atoms with E-state index < -0.39 is 0 Å². The highest BCUT2D eigenvalue weighted by Gasteiger charge is 2.23. The molecule has 1 fully saturated rings. The number of ether oxygens (including phenoxy) is 1. The predicted octanol–water partition coefficient (Wildman–Crippen LogP) is 2.78. The third kappa shape index (κ3) is 3.77. The van der Waals surface area contributed by atoms with Crippen molar-refractivity contribution < 1.29 is 4.74 Å². The summed E-state index contributed by atoms with van der Waals surface area (Å²) >= 11 is 0. The van der Waals surface area contributed by atoms with Gasteiger partial charge in [0.1, 0.15) is 5.82 Å². The summed E-state index contributed by atoms with van der Waals surface area (Å²) in [6.07, 6.45) is 7.47. The number of nitrogens with zero attached hydrogens (tertiary/aromatic N) is 6. The average Bonchev–Trinajstić information content (AvgIpc) is 2.74. The van der Waals surface area contributed by atoms with E-state index in [1.807, 2.05) is 37.5 Å². The molecule has 1 aliphatic heterocycles. The number of para-hydroxylation sites is 2. The highest BCUT2D eigenvalue weighted by Crippen LogP contribution is 2.26. The highest BCUT2D eigenvalue weighted by molar-refractivity contribution is 5.75. The zero-order chi connectivity index (χ0) is 18.6. The van der Waals surface area contributed by atoms with E-state index in [1.54, 1.807) is 19.5 Å². The van der Waals surface area contributed by atoms with E-state index >= 15 is 0 Å². The average molecular weight is 364 g/mol. The number of anilines is 2. The molecule has 140 valence electrons. The minimum Gasteiger partial charge on any atom is -0.478 e. The number of methoxy groups -OCH3 is 1. The molecule has 0 amide bonds. The predicted molar refractivity (Wildman–Crippen MR) is 106 cm³/mol. The maximum atomic E-state index is 5.33. The number of hydrogen-bond donors (Lipinski definition) is 0. The van der Waals surface area contributed by atoms with Crippen LogP contribution in [0.2, 0.25) is 0 Å². The molecule has 0 unspecified atom stereocenters. The molecule has 7 nitrogen and oxygen atoms in total. The SMILES string of the molecule is COc1nccnc1N(C)CC1CCN(c2cnc3ccccc3n2)CC1. The van der Waals surface area contributed by atoms with Crippen molar-refractivity contribution in [3.05, 3.63) is 42.9 Å². The Labute approximate surface area is 159 Å². The molecule has 0 radical (unpaired) electrons. The van der Waals surface area contributed by atoms with Crippen molar-refractivity contribution in [2.45, 2.75) is 12.8 Å². The standard InChI is InChI=1S/C20H24N6O/c1-25(19-20(27-2)22-10-9-21-19)14-15-7-11-26(12-8-15)18-13-23-16-5-3-4-6-17(16)24-18/h3-6,9-10,13,15H,7-8,11-12,14H2,1-2H3. The lowest BCUT2D eigenvalue weighted by atomic mass is 9.96. The molecule has 0 N–H and O–H groups in total. The van der Waals surface area contributed by atoms with Crippen LogP contribution in [0.15, 0.2) is 42.9 Å². The molecule has 0 saturated carbocycles. The molecule has 0 atom stereocenters. The van der Waals surface area contributed by atoms with Gasteiger partial charge in [-0.05, 0) is 30.9 Å². The zero-order valence-electron chi connectivity index (χ0n) is 15.7. The number of hydrogen-bond acceptors (Lipinski definition) is 7. The first-order valence-electron chi connectivity index (χ1n) is 9.27. The van der Waals surface area contributed by atoms with Crippen LogP contribution in [0.4, 0.5) is 11.6 Å². The second-order valence-electron chi connectivity index (χ2n) is 6.92. The molecule has 3 heterocycles. The van der Waals surface area contributed by atoms with Gasteiger partial charge >= 0.3 is 0 Å². The molecule has 0 spiro atoms. The van der Waals surface area contributed by atoms with Gasteiger partial charge in [-0.25, -0.2) is 15.0 Å². The van der Waals surface area contributed by atoms with Crippen LogP contribution in [0.3, 0.4) is 0 Å². The van der Waals surface area contributed by atoms with Crippen molar-refractivity contribution in [1.29, 1.82) is 0 Å². The van der Waals surface area contributed by atoms with Gasteiger partial charge in [-0.1, -0.05) is 12.1 Å². The summed E-state index contributed by atoms with van der Waals surface area (Å²) in [7, 11) is 3.68. The van der Waals surface area contributed by atoms with Crippen molar-refractivity contribution in [3.63, 3.8) is 0 Å². The van der Waals surface area contributed by atoms with E-state index in [2.05, 4.69) is 24.8 Å². The molecule has 1 saturated heterocycles. The van der Waals surface area contributed by atoms with E-state index in [4.69, 9.17) is 9.72 Å². The number of piperidine rings is 1. The third-order valence-corrected chi connectivity index (χ3v) is 5.11. The minimum atomic E-state index is 0.573. The first kappa shape index (κ1) is 17.5. The van der Waals surface area contributed by atoms with Gasteiger partial charge in [-0.15, -0.1) is 0 Å². The summed E-state index contributed by atoms with van der Waals surface area (Å²) in [5.74, 6) is 2.94. The Morgan fingerprint density at radius 2 is 1.81 bits per heavy atom. The lowest BCUT2D eigenvalue weighted by Gasteiger charge is -2.34. The van der Waals surface area contributed by atoms with Crippen molar-refractivity contribution in [2.24, 2.45) is 5.92 Å². The summed E-state index contributed by atoms with van der Waals surface area (Å²) in [6.45, 7) is 2.92. The van der Waals surface area contributed by atoms with E-state index in [0.717, 1.165) is 55.1 Å². The Morgan fingerprint density at radius 3 is 2.59 bits per heavy atom. The molecule has 4 rings (SSSR count). The van der Waals surface area contributed by atoms with Crippen LogP contribution in [-0.4, -0.2) is 53.7 Å². The quantitative estimate of drug-likeness (QED) is 0.689. The molecule has 0 bridgehead atoms. The molecular weight excluding hydrogens is 340 g/mol. The molecule has 7 heteroatoms. The third-order valence-electron chi connectivity index (χ3n) is 5.11. The van der Waals surface area contributed by atoms with Gasteiger partial charge in [0.25, 0.3) is 5.88 Å². The molecule has 1 aliphatic rings. The van der Waals surface area contributed by atoms with E-state index in [1.165, 1.54) is 0 Å². The topological polar surface area (TPSA) is 67.3 Å². The van der Waals surface area contributed by atoms with Crippen LogP contribution in [0, 0.1) is 5.92 Å². The molecule has 2 aromatic heterocycles. The largest absolute Gasteiger partial charge is 0.478 e. The summed E-state index contributed by atoms with van der Waals surface area (Å²) in [4.78, 5) is 22.4. The minimum absolute atomic E-state index is 0.573. The van der Waals surface area contributed by atoms with Gasteiger partial charge in [-0.3, -0.25) is 4.98 Å². The van der Waals surface area contributed by atoms with Crippen LogP contribution < -0.4 is 14.5 Å². The van der Waals surface area contributed by atoms with Crippen molar-refractivity contribution in [3.8, 4) is 5.88 Å². The van der Waals surface area contributed by atoms with Crippen LogP contribution >= 0.6 is 0 Å². The van der Waals surface area contributed by atoms with Crippen LogP contribution in [0.5, 0.6) is 5.88 Å². The van der Waals surface area contributed by atoms with Crippen LogP contribution in [0.25, 0.3) is 11.0 Å². The fraction of sp³-hybridized carbons (Fsp3) is 0.400. The maximum absolute atomic E-state index is 5.33. The smallest absolute Gasteiger partial charge is 0.257 e. The Kier molecular flexibility index (Phi) is 5.00. The Morgan fingerprint density at radius 1 is 1.07 bits per heavy atom. The number of fused-ring (bicyclic) bond motifs is 1. The Bertz CT molecular complexity index is 910. The number of rotatable bonds is 5.